The first-order valence-corrected chi connectivity index (χ1v) is 11.6. The fraction of sp³-hybridized carbons (Fsp3) is 0.259. The molecule has 182 valence electrons. The number of hydrogen-bond donors (Lipinski definition) is 3. The number of H-pyrrole nitrogens is 1. The Kier molecular flexibility index (Phi) is 7.64. The van der Waals surface area contributed by atoms with Gasteiger partial charge in [0, 0.05) is 67.3 Å². The smallest absolute Gasteiger partial charge is 0.227 e. The molecule has 0 amide bonds. The van der Waals surface area contributed by atoms with Crippen molar-refractivity contribution < 1.29 is 4.74 Å². The summed E-state index contributed by atoms with van der Waals surface area (Å²) in [5.41, 5.74) is 11.6. The van der Waals surface area contributed by atoms with Crippen LogP contribution < -0.4 is 20.7 Å². The molecule has 0 unspecified atom stereocenters. The largest absolute Gasteiger partial charge is 0.494 e. The van der Waals surface area contributed by atoms with Gasteiger partial charge in [0.15, 0.2) is 0 Å². The summed E-state index contributed by atoms with van der Waals surface area (Å²) in [6, 6.07) is 14.2. The first-order valence-electron chi connectivity index (χ1n) is 11.6. The molecule has 0 aliphatic carbocycles. The zero-order chi connectivity index (χ0) is 24.8. The van der Waals surface area contributed by atoms with E-state index in [0.29, 0.717) is 18.2 Å². The Morgan fingerprint density at radius 1 is 1.11 bits per heavy atom. The average molecular weight is 472 g/mol. The van der Waals surface area contributed by atoms with Crippen molar-refractivity contribution in [2.75, 3.05) is 58.1 Å². The number of para-hydroxylation sites is 1. The van der Waals surface area contributed by atoms with E-state index in [0.717, 1.165) is 52.2 Å². The monoisotopic (exact) mass is 471 g/mol. The maximum absolute atomic E-state index is 5.75. The molecule has 0 bridgehead atoms. The maximum atomic E-state index is 5.75. The highest BCUT2D eigenvalue weighted by atomic mass is 16.5. The molecule has 0 spiro atoms. The quantitative estimate of drug-likeness (QED) is 0.317. The molecule has 0 fully saturated rings. The molecule has 4 rings (SSSR count). The van der Waals surface area contributed by atoms with Crippen LogP contribution in [0.5, 0.6) is 5.75 Å². The molecule has 0 saturated carbocycles. The van der Waals surface area contributed by atoms with Gasteiger partial charge >= 0.3 is 0 Å². The van der Waals surface area contributed by atoms with Crippen molar-refractivity contribution in [3.8, 4) is 17.0 Å². The number of nitrogens with one attached hydrogen (secondary N) is 2. The van der Waals surface area contributed by atoms with Crippen LogP contribution in [-0.4, -0.2) is 67.7 Å². The van der Waals surface area contributed by atoms with E-state index in [1.165, 1.54) is 0 Å². The van der Waals surface area contributed by atoms with Gasteiger partial charge in [-0.1, -0.05) is 30.4 Å². The molecule has 0 radical (unpaired) electrons. The molecule has 2 aromatic heterocycles. The molecule has 8 heteroatoms. The number of aromatic amines is 1. The molecule has 2 heterocycles. The van der Waals surface area contributed by atoms with Crippen molar-refractivity contribution >= 4 is 34.3 Å². The molecule has 0 aliphatic rings. The highest BCUT2D eigenvalue weighted by molar-refractivity contribution is 5.94. The summed E-state index contributed by atoms with van der Waals surface area (Å²) in [5, 5.41) is 4.48. The van der Waals surface area contributed by atoms with Crippen LogP contribution >= 0.6 is 0 Å². The Balaban J connectivity index is 1.68. The van der Waals surface area contributed by atoms with E-state index >= 15 is 0 Å². The van der Waals surface area contributed by atoms with Crippen LogP contribution in [0.2, 0.25) is 0 Å². The molecule has 0 aliphatic heterocycles. The minimum atomic E-state index is 0.464. The van der Waals surface area contributed by atoms with Crippen LogP contribution in [0.15, 0.2) is 60.9 Å². The van der Waals surface area contributed by atoms with Crippen molar-refractivity contribution in [3.63, 3.8) is 0 Å². The SMILES string of the molecule is COc1cc(N(C)CCN(C)C)c(C=CCN)cc1Nc1nccc(-c2c[nH]c3ccccc23)n1. The van der Waals surface area contributed by atoms with Gasteiger partial charge < -0.3 is 30.6 Å². The van der Waals surface area contributed by atoms with E-state index in [1.807, 2.05) is 48.7 Å². The van der Waals surface area contributed by atoms with Crippen molar-refractivity contribution in [1.29, 1.82) is 0 Å². The number of aromatic nitrogens is 3. The molecule has 0 saturated heterocycles. The Morgan fingerprint density at radius 2 is 1.94 bits per heavy atom. The molecule has 35 heavy (non-hydrogen) atoms. The first-order chi connectivity index (χ1) is 17.0. The molecule has 2 aromatic carbocycles. The number of ether oxygens (including phenoxy) is 1. The zero-order valence-corrected chi connectivity index (χ0v) is 20.7. The molecular formula is C27H33N7O. The van der Waals surface area contributed by atoms with Gasteiger partial charge in [-0.05, 0) is 37.9 Å². The number of anilines is 3. The standard InChI is InChI=1S/C27H33N7O/c1-33(2)14-15-34(3)25-17-26(35-4)24(16-19(25)8-7-12-28)32-27-29-13-11-23(31-27)21-18-30-22-10-6-5-9-20(21)22/h5-11,13,16-18,30H,12,14-15,28H2,1-4H3,(H,29,31,32). The predicted molar refractivity (Wildman–Crippen MR) is 146 cm³/mol. The van der Waals surface area contributed by atoms with Crippen molar-refractivity contribution in [1.82, 2.24) is 19.9 Å². The lowest BCUT2D eigenvalue weighted by atomic mass is 10.1. The second-order valence-corrected chi connectivity index (χ2v) is 8.61. The molecule has 0 atom stereocenters. The number of benzene rings is 2. The van der Waals surface area contributed by atoms with Gasteiger partial charge in [0.05, 0.1) is 18.5 Å². The van der Waals surface area contributed by atoms with Crippen molar-refractivity contribution in [2.24, 2.45) is 5.73 Å². The third-order valence-corrected chi connectivity index (χ3v) is 5.84. The van der Waals surface area contributed by atoms with Crippen LogP contribution in [-0.2, 0) is 0 Å². The third-order valence-electron chi connectivity index (χ3n) is 5.84. The van der Waals surface area contributed by atoms with Gasteiger partial charge in [-0.2, -0.15) is 0 Å². The third kappa shape index (κ3) is 5.62. The lowest BCUT2D eigenvalue weighted by Crippen LogP contribution is -2.29. The van der Waals surface area contributed by atoms with E-state index in [4.69, 9.17) is 15.5 Å². The predicted octanol–water partition coefficient (Wildman–Crippen LogP) is 4.35. The molecular weight excluding hydrogens is 438 g/mol. The highest BCUT2D eigenvalue weighted by Crippen LogP contribution is 2.36. The number of rotatable bonds is 10. The summed E-state index contributed by atoms with van der Waals surface area (Å²) < 4.78 is 5.74. The maximum Gasteiger partial charge on any atom is 0.227 e. The summed E-state index contributed by atoms with van der Waals surface area (Å²) in [7, 11) is 7.89. The highest BCUT2D eigenvalue weighted by Gasteiger charge is 2.15. The van der Waals surface area contributed by atoms with Gasteiger partial charge in [-0.3, -0.25) is 0 Å². The van der Waals surface area contributed by atoms with Crippen molar-refractivity contribution in [2.45, 2.75) is 0 Å². The summed E-state index contributed by atoms with van der Waals surface area (Å²) >= 11 is 0. The number of nitrogens with two attached hydrogens (primary N) is 1. The van der Waals surface area contributed by atoms with Gasteiger partial charge in [0.1, 0.15) is 5.75 Å². The van der Waals surface area contributed by atoms with Crippen LogP contribution in [0.1, 0.15) is 5.56 Å². The van der Waals surface area contributed by atoms with E-state index in [-0.39, 0.29) is 0 Å². The second-order valence-electron chi connectivity index (χ2n) is 8.61. The fourth-order valence-corrected chi connectivity index (χ4v) is 3.95. The lowest BCUT2D eigenvalue weighted by molar-refractivity contribution is 0.413. The Morgan fingerprint density at radius 3 is 2.71 bits per heavy atom. The van der Waals surface area contributed by atoms with E-state index in [9.17, 15) is 0 Å². The van der Waals surface area contributed by atoms with Crippen LogP contribution in [0.3, 0.4) is 0 Å². The van der Waals surface area contributed by atoms with E-state index in [2.05, 4.69) is 58.4 Å². The zero-order valence-electron chi connectivity index (χ0n) is 20.7. The summed E-state index contributed by atoms with van der Waals surface area (Å²) in [6.45, 7) is 2.28. The summed E-state index contributed by atoms with van der Waals surface area (Å²) in [4.78, 5) is 16.9. The van der Waals surface area contributed by atoms with Gasteiger partial charge in [0.25, 0.3) is 0 Å². The van der Waals surface area contributed by atoms with Crippen LogP contribution in [0.25, 0.3) is 28.2 Å². The summed E-state index contributed by atoms with van der Waals surface area (Å²) in [6.07, 6.45) is 7.72. The number of nitrogens with zero attached hydrogens (tertiary/aromatic N) is 4. The molecule has 4 aromatic rings. The van der Waals surface area contributed by atoms with Crippen molar-refractivity contribution in [3.05, 3.63) is 66.5 Å². The Hall–Kier alpha value is -3.88. The molecule has 8 nitrogen and oxygen atoms in total. The average Bonchev–Trinajstić information content (AvgIpc) is 3.30. The lowest BCUT2D eigenvalue weighted by Gasteiger charge is -2.25. The number of methoxy groups -OCH3 is 1. The Labute approximate surface area is 206 Å². The van der Waals surface area contributed by atoms with Gasteiger partial charge in [-0.15, -0.1) is 0 Å². The number of likely N-dealkylation sites (N-methyl/N-ethyl adjacent to an activating group) is 2. The minimum Gasteiger partial charge on any atom is -0.494 e. The molecule has 4 N–H and O–H groups in total. The van der Waals surface area contributed by atoms with Crippen LogP contribution in [0, 0.1) is 0 Å². The topological polar surface area (TPSA) is 95.3 Å². The summed E-state index contributed by atoms with van der Waals surface area (Å²) in [5.74, 6) is 1.20. The number of fused-ring (bicyclic) bond motifs is 1. The first kappa shape index (κ1) is 24.3. The van der Waals surface area contributed by atoms with E-state index in [1.54, 1.807) is 13.3 Å². The minimum absolute atomic E-state index is 0.464. The normalized spacial score (nSPS) is 11.5. The number of hydrogen-bond acceptors (Lipinski definition) is 7. The fourth-order valence-electron chi connectivity index (χ4n) is 3.95. The van der Waals surface area contributed by atoms with Crippen LogP contribution in [0.4, 0.5) is 17.3 Å². The second kappa shape index (κ2) is 11.0. The van der Waals surface area contributed by atoms with E-state index < -0.39 is 0 Å². The van der Waals surface area contributed by atoms with Gasteiger partial charge in [-0.25, -0.2) is 9.97 Å². The Bertz CT molecular complexity index is 1310. The van der Waals surface area contributed by atoms with Gasteiger partial charge in [0.2, 0.25) is 5.95 Å².